The van der Waals surface area contributed by atoms with Crippen molar-refractivity contribution >= 4 is 25.2 Å². The van der Waals surface area contributed by atoms with Gasteiger partial charge in [-0.1, -0.05) is 5.11 Å². The van der Waals surface area contributed by atoms with Crippen LogP contribution in [0.1, 0.15) is 22.3 Å². The third kappa shape index (κ3) is 2.58. The van der Waals surface area contributed by atoms with E-state index in [-0.39, 0.29) is 6.54 Å². The van der Waals surface area contributed by atoms with E-state index in [0.29, 0.717) is 10.4 Å². The predicted molar refractivity (Wildman–Crippen MR) is 70.6 cm³/mol. The fourth-order valence-corrected chi connectivity index (χ4v) is 2.26. The summed E-state index contributed by atoms with van der Waals surface area (Å²) >= 11 is 4.36. The summed E-state index contributed by atoms with van der Waals surface area (Å²) in [7, 11) is -1.55. The van der Waals surface area contributed by atoms with Crippen molar-refractivity contribution in [3.8, 4) is 0 Å². The molecule has 0 saturated carbocycles. The monoisotopic (exact) mass is 251 g/mol. The van der Waals surface area contributed by atoms with Crippen molar-refractivity contribution in [2.45, 2.75) is 32.2 Å². The van der Waals surface area contributed by atoms with Gasteiger partial charge in [-0.2, -0.15) is 0 Å². The molecule has 0 bridgehead atoms. The Morgan fingerprint density at radius 1 is 1.24 bits per heavy atom. The summed E-state index contributed by atoms with van der Waals surface area (Å²) in [6.07, 6.45) is 0. The van der Waals surface area contributed by atoms with E-state index < -0.39 is 7.12 Å². The molecular formula is C10H14BN3O2S. The third-order valence-corrected chi connectivity index (χ3v) is 3.64. The molecule has 0 amide bonds. The van der Waals surface area contributed by atoms with E-state index in [2.05, 4.69) is 22.7 Å². The summed E-state index contributed by atoms with van der Waals surface area (Å²) in [5, 5.41) is 22.3. The Labute approximate surface area is 106 Å². The van der Waals surface area contributed by atoms with Gasteiger partial charge in [0.15, 0.2) is 0 Å². The van der Waals surface area contributed by atoms with Crippen molar-refractivity contribution in [1.82, 2.24) is 0 Å². The molecule has 17 heavy (non-hydrogen) atoms. The molecule has 0 fully saturated rings. The van der Waals surface area contributed by atoms with Gasteiger partial charge in [-0.3, -0.25) is 0 Å². The maximum absolute atomic E-state index is 9.37. The highest BCUT2D eigenvalue weighted by atomic mass is 32.1. The molecule has 0 aliphatic rings. The van der Waals surface area contributed by atoms with Gasteiger partial charge >= 0.3 is 7.12 Å². The highest BCUT2D eigenvalue weighted by Crippen LogP contribution is 2.24. The van der Waals surface area contributed by atoms with E-state index in [0.717, 1.165) is 22.3 Å². The molecule has 7 heteroatoms. The van der Waals surface area contributed by atoms with E-state index in [9.17, 15) is 10.0 Å². The molecule has 0 atom stereocenters. The van der Waals surface area contributed by atoms with Gasteiger partial charge in [-0.05, 0) is 54.0 Å². The van der Waals surface area contributed by atoms with Gasteiger partial charge in [0.1, 0.15) is 0 Å². The van der Waals surface area contributed by atoms with Gasteiger partial charge in [0.05, 0.1) is 6.54 Å². The minimum absolute atomic E-state index is 0.182. The molecule has 0 unspecified atom stereocenters. The maximum Gasteiger partial charge on any atom is 0.489 e. The van der Waals surface area contributed by atoms with Crippen LogP contribution in [0.3, 0.4) is 0 Å². The van der Waals surface area contributed by atoms with E-state index in [1.165, 1.54) is 0 Å². The van der Waals surface area contributed by atoms with Gasteiger partial charge in [0.2, 0.25) is 0 Å². The van der Waals surface area contributed by atoms with Crippen LogP contribution in [0.2, 0.25) is 0 Å². The fourth-order valence-electron chi connectivity index (χ4n) is 2.00. The van der Waals surface area contributed by atoms with Crippen LogP contribution in [-0.2, 0) is 6.54 Å². The first-order valence-corrected chi connectivity index (χ1v) is 5.55. The highest BCUT2D eigenvalue weighted by molar-refractivity contribution is 7.80. The molecule has 0 aliphatic carbocycles. The average Bonchev–Trinajstić information content (AvgIpc) is 2.26. The van der Waals surface area contributed by atoms with Gasteiger partial charge in [-0.25, -0.2) is 0 Å². The van der Waals surface area contributed by atoms with Gasteiger partial charge < -0.3 is 10.0 Å². The zero-order chi connectivity index (χ0) is 13.2. The number of hydrogen-bond donors (Lipinski definition) is 3. The quantitative estimate of drug-likeness (QED) is 0.249. The molecule has 0 spiro atoms. The van der Waals surface area contributed by atoms with Gasteiger partial charge in [0, 0.05) is 9.81 Å². The van der Waals surface area contributed by atoms with E-state index in [1.54, 1.807) is 13.8 Å². The Balaban J connectivity index is 3.55. The molecule has 0 radical (unpaired) electrons. The molecule has 0 heterocycles. The van der Waals surface area contributed by atoms with Crippen LogP contribution in [-0.4, -0.2) is 17.2 Å². The summed E-state index contributed by atoms with van der Waals surface area (Å²) in [5.74, 6) is 0. The van der Waals surface area contributed by atoms with E-state index >= 15 is 0 Å². The topological polar surface area (TPSA) is 89.2 Å². The lowest BCUT2D eigenvalue weighted by Gasteiger charge is -2.18. The van der Waals surface area contributed by atoms with Crippen molar-refractivity contribution < 1.29 is 10.0 Å². The second-order valence-electron chi connectivity index (χ2n) is 3.88. The Kier molecular flexibility index (Phi) is 4.48. The fraction of sp³-hybridized carbons (Fsp3) is 0.400. The largest absolute Gasteiger partial charge is 0.489 e. The second-order valence-corrected chi connectivity index (χ2v) is 4.33. The smallest absolute Gasteiger partial charge is 0.423 e. The zero-order valence-electron chi connectivity index (χ0n) is 9.97. The lowest BCUT2D eigenvalue weighted by atomic mass is 9.72. The number of thiol groups is 1. The first kappa shape index (κ1) is 13.9. The first-order chi connectivity index (χ1) is 7.91. The van der Waals surface area contributed by atoms with Crippen molar-refractivity contribution in [2.24, 2.45) is 5.11 Å². The van der Waals surface area contributed by atoms with Crippen LogP contribution in [0.15, 0.2) is 10.0 Å². The summed E-state index contributed by atoms with van der Waals surface area (Å²) in [6, 6.07) is 0. The van der Waals surface area contributed by atoms with Crippen LogP contribution < -0.4 is 5.46 Å². The minimum atomic E-state index is -1.55. The summed E-state index contributed by atoms with van der Waals surface area (Å²) in [6.45, 7) is 5.62. The first-order valence-electron chi connectivity index (χ1n) is 5.10. The third-order valence-electron chi connectivity index (χ3n) is 2.97. The molecule has 5 nitrogen and oxygen atoms in total. The molecule has 1 aromatic rings. The van der Waals surface area contributed by atoms with Crippen LogP contribution in [0, 0.1) is 20.8 Å². The Morgan fingerprint density at radius 3 is 2.29 bits per heavy atom. The summed E-state index contributed by atoms with van der Waals surface area (Å²) in [4.78, 5) is 3.41. The number of rotatable bonds is 3. The molecule has 0 aromatic heterocycles. The van der Waals surface area contributed by atoms with Crippen molar-refractivity contribution in [2.75, 3.05) is 0 Å². The molecule has 2 N–H and O–H groups in total. The molecule has 1 rings (SSSR count). The van der Waals surface area contributed by atoms with Crippen molar-refractivity contribution in [3.63, 3.8) is 0 Å². The molecule has 1 aromatic carbocycles. The SMILES string of the molecule is Cc1c(S)c(C)c(B(O)O)c(C)c1CN=[N+]=[N-]. The molecule has 0 aliphatic heterocycles. The molecule has 90 valence electrons. The lowest BCUT2D eigenvalue weighted by molar-refractivity contribution is 0.425. The van der Waals surface area contributed by atoms with Gasteiger partial charge in [0.25, 0.3) is 0 Å². The second kappa shape index (κ2) is 5.47. The van der Waals surface area contributed by atoms with Crippen molar-refractivity contribution in [3.05, 3.63) is 32.7 Å². The molecular weight excluding hydrogens is 237 g/mol. The van der Waals surface area contributed by atoms with E-state index in [1.807, 2.05) is 6.92 Å². The maximum atomic E-state index is 9.37. The molecule has 0 saturated heterocycles. The number of nitrogens with zero attached hydrogens (tertiary/aromatic N) is 3. The normalized spacial score (nSPS) is 10.0. The minimum Gasteiger partial charge on any atom is -0.423 e. The average molecular weight is 251 g/mol. The Morgan fingerprint density at radius 2 is 1.82 bits per heavy atom. The van der Waals surface area contributed by atoms with Crippen LogP contribution >= 0.6 is 12.6 Å². The van der Waals surface area contributed by atoms with Crippen LogP contribution in [0.25, 0.3) is 10.4 Å². The lowest BCUT2D eigenvalue weighted by Crippen LogP contribution is -2.36. The van der Waals surface area contributed by atoms with E-state index in [4.69, 9.17) is 5.53 Å². The van der Waals surface area contributed by atoms with Gasteiger partial charge in [-0.15, -0.1) is 12.6 Å². The van der Waals surface area contributed by atoms with Crippen molar-refractivity contribution in [1.29, 1.82) is 0 Å². The Bertz CT molecular complexity index is 499. The zero-order valence-corrected chi connectivity index (χ0v) is 10.9. The van der Waals surface area contributed by atoms with Crippen LogP contribution in [0.5, 0.6) is 0 Å². The number of benzene rings is 1. The number of azide groups is 1. The number of hydrogen-bond acceptors (Lipinski definition) is 4. The predicted octanol–water partition coefficient (Wildman–Crippen LogP) is 1.39. The Hall–Kier alpha value is -1.14. The summed E-state index contributed by atoms with van der Waals surface area (Å²) in [5.41, 5.74) is 12.0. The van der Waals surface area contributed by atoms with Crippen LogP contribution in [0.4, 0.5) is 0 Å². The standard InChI is InChI=1S/C10H14BN3O2S/c1-5-8(4-13-14-12)6(2)10(17)7(3)9(5)11(15)16/h15-17H,4H2,1-3H3. The highest BCUT2D eigenvalue weighted by Gasteiger charge is 2.22. The summed E-state index contributed by atoms with van der Waals surface area (Å²) < 4.78 is 0.